The SMILES string of the molecule is COc1cc(S(=O)(=O)N2CCN(Cc3ccc4c(c3)OCO4)CC2)ccc1NC(C)=O.Cl. The summed E-state index contributed by atoms with van der Waals surface area (Å²) in [5, 5.41) is 2.63. The van der Waals surface area contributed by atoms with Crippen LogP contribution in [0.5, 0.6) is 17.2 Å². The Balaban J connectivity index is 0.00000289. The van der Waals surface area contributed by atoms with E-state index in [1.165, 1.54) is 30.5 Å². The number of benzene rings is 2. The number of amides is 1. The molecule has 4 rings (SSSR count). The van der Waals surface area contributed by atoms with E-state index in [0.29, 0.717) is 44.2 Å². The van der Waals surface area contributed by atoms with E-state index in [1.807, 2.05) is 18.2 Å². The summed E-state index contributed by atoms with van der Waals surface area (Å²) in [4.78, 5) is 13.7. The standard InChI is InChI=1S/C21H25N3O6S.ClH/c1-15(25)22-18-5-4-17(12-20(18)28-2)31(26,27)24-9-7-23(8-10-24)13-16-3-6-19-21(11-16)30-14-29-19;/h3-6,11-12H,7-10,13-14H2,1-2H3,(H,22,25);1H. The topological polar surface area (TPSA) is 97.4 Å². The minimum absolute atomic E-state index is 0. The van der Waals surface area contributed by atoms with Crippen LogP contribution < -0.4 is 19.5 Å². The molecule has 0 aliphatic carbocycles. The zero-order chi connectivity index (χ0) is 22.0. The quantitative estimate of drug-likeness (QED) is 0.673. The number of anilines is 1. The van der Waals surface area contributed by atoms with Crippen molar-refractivity contribution in [1.29, 1.82) is 0 Å². The predicted molar refractivity (Wildman–Crippen MR) is 121 cm³/mol. The Morgan fingerprint density at radius 1 is 1.06 bits per heavy atom. The van der Waals surface area contributed by atoms with Gasteiger partial charge in [0.2, 0.25) is 22.7 Å². The van der Waals surface area contributed by atoms with Gasteiger partial charge in [0.05, 0.1) is 17.7 Å². The fraction of sp³-hybridized carbons (Fsp3) is 0.381. The highest BCUT2D eigenvalue weighted by molar-refractivity contribution is 7.89. The van der Waals surface area contributed by atoms with Crippen molar-refractivity contribution >= 4 is 34.0 Å². The average Bonchev–Trinajstić information content (AvgIpc) is 3.22. The summed E-state index contributed by atoms with van der Waals surface area (Å²) < 4.78 is 43.7. The molecule has 1 fully saturated rings. The van der Waals surface area contributed by atoms with Gasteiger partial charge in [-0.05, 0) is 29.8 Å². The zero-order valence-corrected chi connectivity index (χ0v) is 19.5. The summed E-state index contributed by atoms with van der Waals surface area (Å²) >= 11 is 0. The van der Waals surface area contributed by atoms with Crippen LogP contribution in [0.15, 0.2) is 41.3 Å². The maximum atomic E-state index is 13.1. The second kappa shape index (κ2) is 9.95. The van der Waals surface area contributed by atoms with E-state index in [1.54, 1.807) is 6.07 Å². The Kier molecular flexibility index (Phi) is 7.50. The number of fused-ring (bicyclic) bond motifs is 1. The largest absolute Gasteiger partial charge is 0.495 e. The molecule has 2 aromatic rings. The van der Waals surface area contributed by atoms with Crippen LogP contribution in [0.1, 0.15) is 12.5 Å². The zero-order valence-electron chi connectivity index (χ0n) is 17.9. The van der Waals surface area contributed by atoms with Crippen LogP contribution in [0, 0.1) is 0 Å². The van der Waals surface area contributed by atoms with Crippen LogP contribution in [0.25, 0.3) is 0 Å². The number of ether oxygens (including phenoxy) is 3. The monoisotopic (exact) mass is 483 g/mol. The van der Waals surface area contributed by atoms with Gasteiger partial charge >= 0.3 is 0 Å². The first kappa shape index (κ1) is 24.1. The van der Waals surface area contributed by atoms with Crippen LogP contribution in [0.4, 0.5) is 5.69 Å². The third-order valence-corrected chi connectivity index (χ3v) is 7.19. The molecule has 2 heterocycles. The summed E-state index contributed by atoms with van der Waals surface area (Å²) in [5.74, 6) is 1.54. The summed E-state index contributed by atoms with van der Waals surface area (Å²) in [6.45, 7) is 4.36. The number of nitrogens with one attached hydrogen (secondary N) is 1. The molecule has 0 bridgehead atoms. The highest BCUT2D eigenvalue weighted by Gasteiger charge is 2.29. The van der Waals surface area contributed by atoms with E-state index in [2.05, 4.69) is 10.2 Å². The van der Waals surface area contributed by atoms with Crippen molar-refractivity contribution in [3.63, 3.8) is 0 Å². The Labute approximate surface area is 193 Å². The number of sulfonamides is 1. The van der Waals surface area contributed by atoms with Crippen LogP contribution >= 0.6 is 12.4 Å². The first-order valence-corrected chi connectivity index (χ1v) is 11.4. The number of hydrogen-bond acceptors (Lipinski definition) is 7. The van der Waals surface area contributed by atoms with Crippen LogP contribution in [0.3, 0.4) is 0 Å². The highest BCUT2D eigenvalue weighted by Crippen LogP contribution is 2.33. The number of piperazine rings is 1. The van der Waals surface area contributed by atoms with E-state index in [4.69, 9.17) is 14.2 Å². The number of carbonyl (C=O) groups is 1. The van der Waals surface area contributed by atoms with E-state index in [9.17, 15) is 13.2 Å². The first-order chi connectivity index (χ1) is 14.9. The molecule has 1 N–H and O–H groups in total. The number of nitrogens with zero attached hydrogens (tertiary/aromatic N) is 2. The molecule has 174 valence electrons. The smallest absolute Gasteiger partial charge is 0.243 e. The molecule has 1 amide bonds. The number of halogens is 1. The van der Waals surface area contributed by atoms with Crippen molar-refractivity contribution in [2.75, 3.05) is 45.4 Å². The summed E-state index contributed by atoms with van der Waals surface area (Å²) in [6.07, 6.45) is 0. The molecule has 0 unspecified atom stereocenters. The van der Waals surface area contributed by atoms with Crippen LogP contribution in [0.2, 0.25) is 0 Å². The van der Waals surface area contributed by atoms with Crippen molar-refractivity contribution in [2.45, 2.75) is 18.4 Å². The van der Waals surface area contributed by atoms with Crippen LogP contribution in [-0.2, 0) is 21.4 Å². The van der Waals surface area contributed by atoms with E-state index in [0.717, 1.165) is 17.1 Å². The lowest BCUT2D eigenvalue weighted by atomic mass is 10.2. The van der Waals surface area contributed by atoms with Crippen molar-refractivity contribution in [1.82, 2.24) is 9.21 Å². The lowest BCUT2D eigenvalue weighted by Gasteiger charge is -2.34. The molecule has 0 atom stereocenters. The molecule has 0 spiro atoms. The van der Waals surface area contributed by atoms with Gasteiger partial charge in [-0.1, -0.05) is 6.07 Å². The molecular weight excluding hydrogens is 458 g/mol. The van der Waals surface area contributed by atoms with Crippen molar-refractivity contribution in [3.05, 3.63) is 42.0 Å². The number of hydrogen-bond donors (Lipinski definition) is 1. The molecular formula is C21H26ClN3O6S. The number of rotatable bonds is 6. The fourth-order valence-electron chi connectivity index (χ4n) is 3.70. The van der Waals surface area contributed by atoms with Crippen molar-refractivity contribution in [3.8, 4) is 17.2 Å². The van der Waals surface area contributed by atoms with Crippen LogP contribution in [-0.4, -0.2) is 63.6 Å². The lowest BCUT2D eigenvalue weighted by Crippen LogP contribution is -2.48. The van der Waals surface area contributed by atoms with Gasteiger partial charge in [-0.15, -0.1) is 12.4 Å². The molecule has 0 radical (unpaired) electrons. The Hall–Kier alpha value is -2.53. The molecule has 9 nitrogen and oxygen atoms in total. The van der Waals surface area contributed by atoms with Gasteiger partial charge in [0, 0.05) is 45.7 Å². The Morgan fingerprint density at radius 2 is 1.78 bits per heavy atom. The maximum Gasteiger partial charge on any atom is 0.243 e. The van der Waals surface area contributed by atoms with Crippen molar-refractivity contribution in [2.24, 2.45) is 0 Å². The van der Waals surface area contributed by atoms with E-state index in [-0.39, 0.29) is 30.0 Å². The van der Waals surface area contributed by atoms with E-state index < -0.39 is 10.0 Å². The first-order valence-electron chi connectivity index (χ1n) is 9.93. The number of carbonyl (C=O) groups excluding carboxylic acids is 1. The van der Waals surface area contributed by atoms with Gasteiger partial charge in [-0.25, -0.2) is 8.42 Å². The summed E-state index contributed by atoms with van der Waals surface area (Å²) in [7, 11) is -2.23. The molecule has 2 aromatic carbocycles. The second-order valence-corrected chi connectivity index (χ2v) is 9.35. The van der Waals surface area contributed by atoms with Gasteiger partial charge in [0.25, 0.3) is 0 Å². The normalized spacial score (nSPS) is 16.3. The third-order valence-electron chi connectivity index (χ3n) is 5.30. The third kappa shape index (κ3) is 5.09. The molecule has 0 aromatic heterocycles. The summed E-state index contributed by atoms with van der Waals surface area (Å²) in [6, 6.07) is 10.3. The van der Waals surface area contributed by atoms with Gasteiger partial charge in [-0.2, -0.15) is 4.31 Å². The minimum Gasteiger partial charge on any atom is -0.495 e. The van der Waals surface area contributed by atoms with E-state index >= 15 is 0 Å². The maximum absolute atomic E-state index is 13.1. The molecule has 32 heavy (non-hydrogen) atoms. The van der Waals surface area contributed by atoms with Gasteiger partial charge in [0.1, 0.15) is 5.75 Å². The van der Waals surface area contributed by atoms with Gasteiger partial charge < -0.3 is 19.5 Å². The summed E-state index contributed by atoms with van der Waals surface area (Å²) in [5.41, 5.74) is 1.53. The second-order valence-electron chi connectivity index (χ2n) is 7.41. The predicted octanol–water partition coefficient (Wildman–Crippen LogP) is 2.31. The molecule has 2 aliphatic rings. The Morgan fingerprint density at radius 3 is 2.47 bits per heavy atom. The highest BCUT2D eigenvalue weighted by atomic mass is 35.5. The fourth-order valence-corrected chi connectivity index (χ4v) is 5.14. The van der Waals surface area contributed by atoms with Gasteiger partial charge in [-0.3, -0.25) is 9.69 Å². The van der Waals surface area contributed by atoms with Crippen molar-refractivity contribution < 1.29 is 27.4 Å². The molecule has 11 heteroatoms. The number of methoxy groups -OCH3 is 1. The minimum atomic E-state index is -3.67. The Bertz CT molecular complexity index is 1090. The lowest BCUT2D eigenvalue weighted by molar-refractivity contribution is -0.114. The molecule has 2 aliphatic heterocycles. The average molecular weight is 484 g/mol. The molecule has 0 saturated carbocycles. The molecule has 1 saturated heterocycles. The van der Waals surface area contributed by atoms with Gasteiger partial charge in [0.15, 0.2) is 11.5 Å².